The number of carboxylic acids is 1. The Morgan fingerprint density at radius 1 is 1.14 bits per heavy atom. The number of rotatable bonds is 4. The van der Waals surface area contributed by atoms with Crippen molar-refractivity contribution >= 4 is 23.3 Å². The summed E-state index contributed by atoms with van der Waals surface area (Å²) in [5.41, 5.74) is 0.949. The molecule has 0 radical (unpaired) electrons. The van der Waals surface area contributed by atoms with Crippen molar-refractivity contribution in [3.63, 3.8) is 0 Å². The molecule has 6 nitrogen and oxygen atoms in total. The molecule has 2 N–H and O–H groups in total. The van der Waals surface area contributed by atoms with E-state index in [1.807, 2.05) is 0 Å². The fraction of sp³-hybridized carbons (Fsp3) is 0.312. The molecule has 2 bridgehead atoms. The zero-order valence-corrected chi connectivity index (χ0v) is 11.9. The summed E-state index contributed by atoms with van der Waals surface area (Å²) in [4.78, 5) is 35.2. The smallest absolute Gasteiger partial charge is 0.310 e. The van der Waals surface area contributed by atoms with Crippen molar-refractivity contribution in [1.29, 1.82) is 0 Å². The number of amides is 1. The van der Waals surface area contributed by atoms with Gasteiger partial charge in [0.1, 0.15) is 5.92 Å². The quantitative estimate of drug-likeness (QED) is 0.649. The SMILES string of the molecule is CC(=O)c1cccc(NC(=O)[C@@H]2[C@@H](C(=O)O)[C@@H]3C=C[C@H]2O3)c1. The molecule has 2 aliphatic heterocycles. The molecule has 1 saturated heterocycles. The molecule has 1 aromatic rings. The lowest BCUT2D eigenvalue weighted by atomic mass is 9.82. The van der Waals surface area contributed by atoms with Crippen LogP contribution in [0.5, 0.6) is 0 Å². The summed E-state index contributed by atoms with van der Waals surface area (Å²) in [6.07, 6.45) is 2.34. The number of nitrogens with one attached hydrogen (secondary N) is 1. The van der Waals surface area contributed by atoms with Gasteiger partial charge in [-0.05, 0) is 19.1 Å². The summed E-state index contributed by atoms with van der Waals surface area (Å²) in [5, 5.41) is 12.0. The Labute approximate surface area is 126 Å². The third kappa shape index (κ3) is 2.42. The van der Waals surface area contributed by atoms with Gasteiger partial charge in [0.25, 0.3) is 0 Å². The van der Waals surface area contributed by atoms with Crippen LogP contribution in [-0.4, -0.2) is 35.0 Å². The van der Waals surface area contributed by atoms with Crippen molar-refractivity contribution in [3.05, 3.63) is 42.0 Å². The molecule has 22 heavy (non-hydrogen) atoms. The molecule has 2 aliphatic rings. The second kappa shape index (κ2) is 5.38. The third-order valence-corrected chi connectivity index (χ3v) is 4.02. The Bertz CT molecular complexity index is 681. The highest BCUT2D eigenvalue weighted by Crippen LogP contribution is 2.39. The molecule has 1 fully saturated rings. The zero-order valence-electron chi connectivity index (χ0n) is 11.9. The Hall–Kier alpha value is -2.47. The van der Waals surface area contributed by atoms with Crippen LogP contribution in [0.1, 0.15) is 17.3 Å². The highest BCUT2D eigenvalue weighted by atomic mass is 16.5. The molecular weight excluding hydrogens is 286 g/mol. The number of carbonyl (C=O) groups excluding carboxylic acids is 2. The van der Waals surface area contributed by atoms with Crippen LogP contribution in [0.15, 0.2) is 36.4 Å². The maximum atomic E-state index is 12.4. The van der Waals surface area contributed by atoms with Gasteiger partial charge in [-0.3, -0.25) is 14.4 Å². The van der Waals surface area contributed by atoms with Gasteiger partial charge in [-0.15, -0.1) is 0 Å². The summed E-state index contributed by atoms with van der Waals surface area (Å²) >= 11 is 0. The predicted octanol–water partition coefficient (Wildman–Crippen LogP) is 1.48. The van der Waals surface area contributed by atoms with Crippen LogP contribution in [0.4, 0.5) is 5.69 Å². The summed E-state index contributed by atoms with van der Waals surface area (Å²) < 4.78 is 5.47. The van der Waals surface area contributed by atoms with E-state index >= 15 is 0 Å². The topological polar surface area (TPSA) is 92.7 Å². The van der Waals surface area contributed by atoms with Gasteiger partial charge in [0.05, 0.1) is 18.1 Å². The Kier molecular flexibility index (Phi) is 3.54. The number of anilines is 1. The average molecular weight is 301 g/mol. The Balaban J connectivity index is 1.80. The molecule has 0 spiro atoms. The zero-order chi connectivity index (χ0) is 15.9. The minimum absolute atomic E-state index is 0.106. The van der Waals surface area contributed by atoms with Gasteiger partial charge in [-0.25, -0.2) is 0 Å². The number of hydrogen-bond acceptors (Lipinski definition) is 4. The minimum Gasteiger partial charge on any atom is -0.481 e. The van der Waals surface area contributed by atoms with E-state index in [0.717, 1.165) is 0 Å². The number of benzene rings is 1. The fourth-order valence-electron chi connectivity index (χ4n) is 2.96. The van der Waals surface area contributed by atoms with E-state index in [-0.39, 0.29) is 5.78 Å². The maximum absolute atomic E-state index is 12.4. The molecule has 0 aromatic heterocycles. The number of fused-ring (bicyclic) bond motifs is 2. The molecule has 1 aromatic carbocycles. The van der Waals surface area contributed by atoms with Crippen molar-refractivity contribution in [1.82, 2.24) is 0 Å². The first-order valence-electron chi connectivity index (χ1n) is 6.96. The lowest BCUT2D eigenvalue weighted by Gasteiger charge is -2.21. The molecule has 0 aliphatic carbocycles. The van der Waals surface area contributed by atoms with Crippen LogP contribution < -0.4 is 5.32 Å². The summed E-state index contributed by atoms with van der Waals surface area (Å²) in [7, 11) is 0. The first-order chi connectivity index (χ1) is 10.5. The van der Waals surface area contributed by atoms with Crippen LogP contribution in [-0.2, 0) is 14.3 Å². The van der Waals surface area contributed by atoms with E-state index in [2.05, 4.69) is 5.32 Å². The molecular formula is C16H15NO5. The molecule has 0 saturated carbocycles. The lowest BCUT2D eigenvalue weighted by molar-refractivity contribution is -0.145. The highest BCUT2D eigenvalue weighted by Gasteiger charge is 2.53. The first-order valence-corrected chi connectivity index (χ1v) is 6.96. The number of ketones is 1. The molecule has 1 amide bonds. The second-order valence-electron chi connectivity index (χ2n) is 5.47. The van der Waals surface area contributed by atoms with Crippen molar-refractivity contribution in [2.75, 3.05) is 5.32 Å². The van der Waals surface area contributed by atoms with Crippen LogP contribution in [0.25, 0.3) is 0 Å². The summed E-state index contributed by atoms with van der Waals surface area (Å²) in [6, 6.07) is 6.55. The maximum Gasteiger partial charge on any atom is 0.310 e. The summed E-state index contributed by atoms with van der Waals surface area (Å²) in [6.45, 7) is 1.44. The van der Waals surface area contributed by atoms with E-state index in [1.54, 1.807) is 36.4 Å². The van der Waals surface area contributed by atoms with Gasteiger partial charge < -0.3 is 15.2 Å². The molecule has 2 heterocycles. The van der Waals surface area contributed by atoms with Gasteiger partial charge >= 0.3 is 5.97 Å². The molecule has 114 valence electrons. The fourth-order valence-corrected chi connectivity index (χ4v) is 2.96. The van der Waals surface area contributed by atoms with Gasteiger partial charge in [0, 0.05) is 11.3 Å². The second-order valence-corrected chi connectivity index (χ2v) is 5.47. The van der Waals surface area contributed by atoms with E-state index in [4.69, 9.17) is 4.74 Å². The number of aliphatic carboxylic acids is 1. The normalized spacial score (nSPS) is 28.6. The lowest BCUT2D eigenvalue weighted by Crippen LogP contribution is -2.39. The number of carboxylic acid groups (broad SMARTS) is 1. The highest BCUT2D eigenvalue weighted by molar-refractivity contribution is 5.99. The number of hydrogen-bond donors (Lipinski definition) is 2. The van der Waals surface area contributed by atoms with Gasteiger partial charge in [0.2, 0.25) is 5.91 Å². The van der Waals surface area contributed by atoms with E-state index in [1.165, 1.54) is 6.92 Å². The van der Waals surface area contributed by atoms with E-state index < -0.39 is 35.9 Å². The van der Waals surface area contributed by atoms with Crippen molar-refractivity contribution < 1.29 is 24.2 Å². The van der Waals surface area contributed by atoms with Crippen LogP contribution in [0.2, 0.25) is 0 Å². The number of Topliss-reactive ketones (excluding diaryl/α,β-unsaturated/α-hetero) is 1. The predicted molar refractivity (Wildman–Crippen MR) is 77.5 cm³/mol. The van der Waals surface area contributed by atoms with E-state index in [9.17, 15) is 19.5 Å². The van der Waals surface area contributed by atoms with Crippen molar-refractivity contribution in [2.45, 2.75) is 19.1 Å². The average Bonchev–Trinajstić information content (AvgIpc) is 3.07. The van der Waals surface area contributed by atoms with Crippen LogP contribution in [0.3, 0.4) is 0 Å². The van der Waals surface area contributed by atoms with E-state index in [0.29, 0.717) is 11.3 Å². The first kappa shape index (κ1) is 14.5. The van der Waals surface area contributed by atoms with Crippen molar-refractivity contribution in [3.8, 4) is 0 Å². The van der Waals surface area contributed by atoms with Crippen LogP contribution >= 0.6 is 0 Å². The van der Waals surface area contributed by atoms with Gasteiger partial charge in [-0.2, -0.15) is 0 Å². The monoisotopic (exact) mass is 301 g/mol. The number of carbonyl (C=O) groups is 3. The molecule has 0 unspecified atom stereocenters. The molecule has 6 heteroatoms. The Morgan fingerprint density at radius 3 is 2.45 bits per heavy atom. The molecule has 4 atom stereocenters. The molecule has 3 rings (SSSR count). The minimum atomic E-state index is -1.05. The third-order valence-electron chi connectivity index (χ3n) is 4.02. The van der Waals surface area contributed by atoms with Crippen LogP contribution in [0, 0.1) is 11.8 Å². The van der Waals surface area contributed by atoms with Crippen molar-refractivity contribution in [2.24, 2.45) is 11.8 Å². The largest absolute Gasteiger partial charge is 0.481 e. The number of ether oxygens (including phenoxy) is 1. The summed E-state index contributed by atoms with van der Waals surface area (Å²) in [5.74, 6) is -3.22. The Morgan fingerprint density at radius 2 is 1.82 bits per heavy atom. The van der Waals surface area contributed by atoms with Gasteiger partial charge in [-0.1, -0.05) is 24.3 Å². The van der Waals surface area contributed by atoms with Gasteiger partial charge in [0.15, 0.2) is 5.78 Å². The standard InChI is InChI=1S/C16H15NO5/c1-8(18)9-3-2-4-10(7-9)17-15(19)13-11-5-6-12(22-11)14(13)16(20)21/h2-7,11-14H,1H3,(H,17,19)(H,20,21)/t11-,12+,13+,14+/m1/s1.